The number of aryl methyl sites for hydroxylation is 1. The number of fused-ring (bicyclic) bond motifs is 1. The monoisotopic (exact) mass is 363 g/mol. The minimum Gasteiger partial charge on any atom is -0.480 e. The summed E-state index contributed by atoms with van der Waals surface area (Å²) < 4.78 is 6.04. The summed E-state index contributed by atoms with van der Waals surface area (Å²) in [4.78, 5) is 25.7. The van der Waals surface area contributed by atoms with Gasteiger partial charge in [-0.1, -0.05) is 28.1 Å². The van der Waals surface area contributed by atoms with Crippen LogP contribution in [0.1, 0.15) is 27.2 Å². The van der Waals surface area contributed by atoms with E-state index in [2.05, 4.69) is 15.9 Å². The molecule has 2 aromatic rings. The van der Waals surface area contributed by atoms with Crippen LogP contribution in [0.2, 0.25) is 0 Å². The Hall–Kier alpha value is -2.08. The number of carboxylic acids is 1. The number of amides is 1. The number of carbonyl (C=O) groups excluding carboxylic acids is 1. The molecule has 1 aromatic carbocycles. The molecule has 114 valence electrons. The summed E-state index contributed by atoms with van der Waals surface area (Å²) in [5, 5.41) is 9.51. The first-order chi connectivity index (χ1) is 10.5. The third-order valence-electron chi connectivity index (χ3n) is 3.97. The Kier molecular flexibility index (Phi) is 3.78. The van der Waals surface area contributed by atoms with Crippen molar-refractivity contribution in [2.24, 2.45) is 0 Å². The quantitative estimate of drug-likeness (QED) is 0.890. The van der Waals surface area contributed by atoms with Crippen molar-refractivity contribution in [3.63, 3.8) is 0 Å². The van der Waals surface area contributed by atoms with Gasteiger partial charge in [0.2, 0.25) is 0 Å². The van der Waals surface area contributed by atoms with E-state index in [-0.39, 0.29) is 18.9 Å². The van der Waals surface area contributed by atoms with Gasteiger partial charge in [-0.3, -0.25) is 4.79 Å². The third-order valence-corrected chi connectivity index (χ3v) is 4.71. The number of halogens is 1. The van der Waals surface area contributed by atoms with Gasteiger partial charge >= 0.3 is 5.97 Å². The van der Waals surface area contributed by atoms with Crippen molar-refractivity contribution in [1.29, 1.82) is 0 Å². The van der Waals surface area contributed by atoms with Crippen molar-refractivity contribution in [3.05, 3.63) is 57.5 Å². The van der Waals surface area contributed by atoms with E-state index in [0.717, 1.165) is 15.6 Å². The maximum absolute atomic E-state index is 12.7. The molecular formula is C16H14BrNO4. The lowest BCUT2D eigenvalue weighted by Gasteiger charge is -2.34. The average molecular weight is 364 g/mol. The predicted molar refractivity (Wildman–Crippen MR) is 82.6 cm³/mol. The van der Waals surface area contributed by atoms with Crippen LogP contribution in [0, 0.1) is 6.92 Å². The van der Waals surface area contributed by atoms with Gasteiger partial charge in [-0.15, -0.1) is 0 Å². The zero-order valence-electron chi connectivity index (χ0n) is 11.9. The Morgan fingerprint density at radius 1 is 1.36 bits per heavy atom. The molecule has 0 radical (unpaired) electrons. The highest BCUT2D eigenvalue weighted by Gasteiger charge is 2.36. The molecule has 2 heterocycles. The van der Waals surface area contributed by atoms with Crippen LogP contribution in [0.5, 0.6) is 0 Å². The Morgan fingerprint density at radius 2 is 2.14 bits per heavy atom. The summed E-state index contributed by atoms with van der Waals surface area (Å²) in [7, 11) is 0. The van der Waals surface area contributed by atoms with E-state index in [9.17, 15) is 14.7 Å². The zero-order valence-corrected chi connectivity index (χ0v) is 13.5. The highest BCUT2D eigenvalue weighted by atomic mass is 79.9. The molecule has 1 aliphatic heterocycles. The summed E-state index contributed by atoms with van der Waals surface area (Å²) in [6.45, 7) is 1.96. The summed E-state index contributed by atoms with van der Waals surface area (Å²) in [6.07, 6.45) is 1.72. The fourth-order valence-electron chi connectivity index (χ4n) is 2.77. The van der Waals surface area contributed by atoms with Crippen LogP contribution in [-0.4, -0.2) is 27.9 Å². The van der Waals surface area contributed by atoms with Gasteiger partial charge in [0, 0.05) is 17.4 Å². The molecular weight excluding hydrogens is 350 g/mol. The Bertz CT molecular complexity index is 752. The number of hydrogen-bond donors (Lipinski definition) is 1. The maximum atomic E-state index is 12.7. The SMILES string of the molecule is Cc1occc1C(=O)N1Cc2cccc(Br)c2CC1C(=O)O. The van der Waals surface area contributed by atoms with Crippen LogP contribution in [0.15, 0.2) is 39.4 Å². The molecule has 5 nitrogen and oxygen atoms in total. The highest BCUT2D eigenvalue weighted by molar-refractivity contribution is 9.10. The Labute approximate surface area is 135 Å². The van der Waals surface area contributed by atoms with E-state index in [1.54, 1.807) is 13.0 Å². The van der Waals surface area contributed by atoms with Gasteiger partial charge in [-0.2, -0.15) is 0 Å². The van der Waals surface area contributed by atoms with Crippen molar-refractivity contribution < 1.29 is 19.1 Å². The zero-order chi connectivity index (χ0) is 15.9. The van der Waals surface area contributed by atoms with Crippen molar-refractivity contribution in [2.75, 3.05) is 0 Å². The van der Waals surface area contributed by atoms with Gasteiger partial charge < -0.3 is 14.4 Å². The summed E-state index contributed by atoms with van der Waals surface area (Å²) in [5.41, 5.74) is 2.31. The largest absolute Gasteiger partial charge is 0.480 e. The number of furan rings is 1. The minimum atomic E-state index is -1.00. The van der Waals surface area contributed by atoms with E-state index in [4.69, 9.17) is 4.42 Å². The molecule has 0 spiro atoms. The summed E-state index contributed by atoms with van der Waals surface area (Å²) >= 11 is 3.45. The van der Waals surface area contributed by atoms with Gasteiger partial charge in [-0.25, -0.2) is 4.79 Å². The smallest absolute Gasteiger partial charge is 0.326 e. The molecule has 1 aliphatic rings. The Balaban J connectivity index is 2.01. The van der Waals surface area contributed by atoms with Crippen LogP contribution in [-0.2, 0) is 17.8 Å². The lowest BCUT2D eigenvalue weighted by molar-refractivity contribution is -0.142. The fraction of sp³-hybridized carbons (Fsp3) is 0.250. The maximum Gasteiger partial charge on any atom is 0.326 e. The van der Waals surface area contributed by atoms with E-state index >= 15 is 0 Å². The van der Waals surface area contributed by atoms with Crippen LogP contribution >= 0.6 is 15.9 Å². The fourth-order valence-corrected chi connectivity index (χ4v) is 3.34. The molecule has 1 atom stereocenters. The van der Waals surface area contributed by atoms with Gasteiger partial charge in [-0.05, 0) is 30.2 Å². The Morgan fingerprint density at radius 3 is 2.77 bits per heavy atom. The van der Waals surface area contributed by atoms with Crippen LogP contribution in [0.4, 0.5) is 0 Å². The van der Waals surface area contributed by atoms with Crippen molar-refractivity contribution in [3.8, 4) is 0 Å². The first kappa shape index (κ1) is 14.8. The third kappa shape index (κ3) is 2.43. The number of nitrogens with zero attached hydrogens (tertiary/aromatic N) is 1. The van der Waals surface area contributed by atoms with Crippen molar-refractivity contribution in [1.82, 2.24) is 4.90 Å². The topological polar surface area (TPSA) is 70.8 Å². The molecule has 0 saturated heterocycles. The molecule has 1 N–H and O–H groups in total. The number of hydrogen-bond acceptors (Lipinski definition) is 3. The van der Waals surface area contributed by atoms with Crippen molar-refractivity contribution >= 4 is 27.8 Å². The molecule has 0 saturated carbocycles. The molecule has 0 aliphatic carbocycles. The molecule has 0 bridgehead atoms. The highest BCUT2D eigenvalue weighted by Crippen LogP contribution is 2.30. The molecule has 1 unspecified atom stereocenters. The molecule has 1 aromatic heterocycles. The normalized spacial score (nSPS) is 17.2. The summed E-state index contributed by atoms with van der Waals surface area (Å²) in [5.74, 6) is -0.825. The van der Waals surface area contributed by atoms with Crippen LogP contribution in [0.25, 0.3) is 0 Å². The molecule has 1 amide bonds. The van der Waals surface area contributed by atoms with Gasteiger partial charge in [0.15, 0.2) is 0 Å². The lowest BCUT2D eigenvalue weighted by atomic mass is 9.93. The van der Waals surface area contributed by atoms with Gasteiger partial charge in [0.1, 0.15) is 11.8 Å². The number of carboxylic acid groups (broad SMARTS) is 1. The van der Waals surface area contributed by atoms with E-state index in [1.807, 2.05) is 18.2 Å². The second kappa shape index (κ2) is 5.61. The molecule has 0 fully saturated rings. The molecule has 6 heteroatoms. The van der Waals surface area contributed by atoms with Gasteiger partial charge in [0.05, 0.1) is 11.8 Å². The van der Waals surface area contributed by atoms with Crippen LogP contribution in [0.3, 0.4) is 0 Å². The second-order valence-electron chi connectivity index (χ2n) is 5.26. The summed E-state index contributed by atoms with van der Waals surface area (Å²) in [6, 6.07) is 6.38. The van der Waals surface area contributed by atoms with E-state index in [0.29, 0.717) is 11.3 Å². The van der Waals surface area contributed by atoms with Crippen LogP contribution < -0.4 is 0 Å². The average Bonchev–Trinajstić information content (AvgIpc) is 2.91. The standard InChI is InChI=1S/C16H14BrNO4/c1-9-11(5-6-22-9)15(19)18-8-10-3-2-4-13(17)12(10)7-14(18)16(20)21/h2-6,14H,7-8H2,1H3,(H,20,21). The van der Waals surface area contributed by atoms with Gasteiger partial charge in [0.25, 0.3) is 5.91 Å². The van der Waals surface area contributed by atoms with E-state index < -0.39 is 12.0 Å². The first-order valence-electron chi connectivity index (χ1n) is 6.83. The lowest BCUT2D eigenvalue weighted by Crippen LogP contribution is -2.48. The minimum absolute atomic E-state index is 0.273. The number of benzene rings is 1. The first-order valence-corrected chi connectivity index (χ1v) is 7.62. The van der Waals surface area contributed by atoms with E-state index in [1.165, 1.54) is 11.2 Å². The predicted octanol–water partition coefficient (Wildman–Crippen LogP) is 3.00. The van der Waals surface area contributed by atoms with Crippen molar-refractivity contribution in [2.45, 2.75) is 25.9 Å². The number of aliphatic carboxylic acids is 1. The number of carbonyl (C=O) groups is 2. The molecule has 22 heavy (non-hydrogen) atoms. The molecule has 3 rings (SSSR count). The second-order valence-corrected chi connectivity index (χ2v) is 6.11. The number of rotatable bonds is 2.